The molecule has 0 fully saturated rings. The van der Waals surface area contributed by atoms with Crippen LogP contribution in [0.2, 0.25) is 0 Å². The molecular weight excluding hydrogens is 265 g/mol. The third kappa shape index (κ3) is 2.03. The fourth-order valence-electron chi connectivity index (χ4n) is 1.02. The van der Waals surface area contributed by atoms with E-state index in [9.17, 15) is 4.79 Å². The van der Waals surface area contributed by atoms with Gasteiger partial charge in [0.1, 0.15) is 3.70 Å². The fourth-order valence-corrected chi connectivity index (χ4v) is 1.56. The highest BCUT2D eigenvalue weighted by Crippen LogP contribution is 2.10. The van der Waals surface area contributed by atoms with Crippen molar-refractivity contribution in [1.29, 1.82) is 0 Å². The molecule has 1 aromatic heterocycles. The number of pyridine rings is 1. The molecule has 0 saturated carbocycles. The van der Waals surface area contributed by atoms with E-state index in [1.165, 1.54) is 0 Å². The summed E-state index contributed by atoms with van der Waals surface area (Å²) >= 11 is 2.14. The van der Waals surface area contributed by atoms with Crippen LogP contribution in [0.4, 0.5) is 0 Å². The zero-order chi connectivity index (χ0) is 9.14. The van der Waals surface area contributed by atoms with E-state index < -0.39 is 0 Å². The lowest BCUT2D eigenvalue weighted by atomic mass is 10.1. The highest BCUT2D eigenvalue weighted by molar-refractivity contribution is 14.1. The van der Waals surface area contributed by atoms with Crippen LogP contribution in [0.5, 0.6) is 0 Å². The van der Waals surface area contributed by atoms with Crippen LogP contribution in [0.1, 0.15) is 29.4 Å². The van der Waals surface area contributed by atoms with Crippen molar-refractivity contribution in [2.24, 2.45) is 0 Å². The Kier molecular flexibility index (Phi) is 3.20. The molecule has 0 unspecified atom stereocenters. The number of aryl methyl sites for hydroxylation is 1. The standard InChI is InChI=1S/C9H10INO/c1-3-8(12)7-4-5-9(10)11-6(7)2/h4-5H,3H2,1-2H3. The first kappa shape index (κ1) is 9.64. The molecule has 1 aromatic rings. The highest BCUT2D eigenvalue weighted by atomic mass is 127. The quantitative estimate of drug-likeness (QED) is 0.471. The Morgan fingerprint density at radius 3 is 2.75 bits per heavy atom. The van der Waals surface area contributed by atoms with E-state index in [2.05, 4.69) is 27.6 Å². The highest BCUT2D eigenvalue weighted by Gasteiger charge is 2.06. The molecule has 0 atom stereocenters. The lowest BCUT2D eigenvalue weighted by Crippen LogP contribution is -2.02. The van der Waals surface area contributed by atoms with E-state index in [0.29, 0.717) is 6.42 Å². The molecule has 64 valence electrons. The first-order valence-electron chi connectivity index (χ1n) is 3.81. The monoisotopic (exact) mass is 275 g/mol. The van der Waals surface area contributed by atoms with Crippen LogP contribution >= 0.6 is 22.6 Å². The van der Waals surface area contributed by atoms with Crippen LogP contribution < -0.4 is 0 Å². The molecule has 0 N–H and O–H groups in total. The van der Waals surface area contributed by atoms with E-state index in [1.54, 1.807) is 0 Å². The summed E-state index contributed by atoms with van der Waals surface area (Å²) in [4.78, 5) is 15.5. The summed E-state index contributed by atoms with van der Waals surface area (Å²) in [6, 6.07) is 3.70. The molecule has 0 amide bonds. The SMILES string of the molecule is CCC(=O)c1ccc(I)nc1C. The Bertz CT molecular complexity index is 309. The van der Waals surface area contributed by atoms with Gasteiger partial charge in [0, 0.05) is 17.7 Å². The molecule has 2 nitrogen and oxygen atoms in total. The van der Waals surface area contributed by atoms with Crippen LogP contribution in [0.15, 0.2) is 12.1 Å². The van der Waals surface area contributed by atoms with Gasteiger partial charge in [0.15, 0.2) is 5.78 Å². The molecule has 3 heteroatoms. The minimum atomic E-state index is 0.163. The molecule has 0 aliphatic heterocycles. The van der Waals surface area contributed by atoms with E-state index in [4.69, 9.17) is 0 Å². The molecule has 1 heterocycles. The average Bonchev–Trinajstić information content (AvgIpc) is 2.03. The Hall–Kier alpha value is -0.450. The second-order valence-electron chi connectivity index (χ2n) is 2.54. The molecule has 0 saturated heterocycles. The van der Waals surface area contributed by atoms with Crippen molar-refractivity contribution in [3.05, 3.63) is 27.1 Å². The summed E-state index contributed by atoms with van der Waals surface area (Å²) in [5.41, 5.74) is 1.58. The number of rotatable bonds is 2. The van der Waals surface area contributed by atoms with Gasteiger partial charge >= 0.3 is 0 Å². The zero-order valence-electron chi connectivity index (χ0n) is 7.10. The summed E-state index contributed by atoms with van der Waals surface area (Å²) in [6.07, 6.45) is 0.545. The lowest BCUT2D eigenvalue weighted by molar-refractivity contribution is 0.0987. The van der Waals surface area contributed by atoms with Gasteiger partial charge in [-0.25, -0.2) is 4.98 Å². The molecule has 0 radical (unpaired) electrons. The lowest BCUT2D eigenvalue weighted by Gasteiger charge is -2.01. The number of ketones is 1. The van der Waals surface area contributed by atoms with E-state index in [-0.39, 0.29) is 5.78 Å². The summed E-state index contributed by atoms with van der Waals surface area (Å²) in [6.45, 7) is 3.73. The van der Waals surface area contributed by atoms with Gasteiger partial charge < -0.3 is 0 Å². The van der Waals surface area contributed by atoms with Crippen LogP contribution in [0, 0.1) is 10.6 Å². The number of aromatic nitrogens is 1. The minimum Gasteiger partial charge on any atom is -0.294 e. The van der Waals surface area contributed by atoms with Crippen molar-refractivity contribution in [3.63, 3.8) is 0 Å². The largest absolute Gasteiger partial charge is 0.294 e. The van der Waals surface area contributed by atoms with E-state index in [0.717, 1.165) is 15.0 Å². The smallest absolute Gasteiger partial charge is 0.164 e. The third-order valence-corrected chi connectivity index (χ3v) is 2.27. The number of hydrogen-bond donors (Lipinski definition) is 0. The number of nitrogens with zero attached hydrogens (tertiary/aromatic N) is 1. The predicted octanol–water partition coefficient (Wildman–Crippen LogP) is 2.59. The summed E-state index contributed by atoms with van der Waals surface area (Å²) in [7, 11) is 0. The van der Waals surface area contributed by atoms with Crippen molar-refractivity contribution >= 4 is 28.4 Å². The van der Waals surface area contributed by atoms with Crippen LogP contribution in [-0.2, 0) is 0 Å². The number of carbonyl (C=O) groups is 1. The molecule has 0 aliphatic rings. The first-order valence-corrected chi connectivity index (χ1v) is 4.89. The number of halogens is 1. The van der Waals surface area contributed by atoms with Gasteiger partial charge in [-0.2, -0.15) is 0 Å². The van der Waals surface area contributed by atoms with Gasteiger partial charge in [0.25, 0.3) is 0 Å². The van der Waals surface area contributed by atoms with Crippen molar-refractivity contribution in [2.45, 2.75) is 20.3 Å². The van der Waals surface area contributed by atoms with Crippen LogP contribution in [-0.4, -0.2) is 10.8 Å². The molecule has 12 heavy (non-hydrogen) atoms. The number of hydrogen-bond acceptors (Lipinski definition) is 2. The number of carbonyl (C=O) groups excluding carboxylic acids is 1. The Balaban J connectivity index is 3.09. The second-order valence-corrected chi connectivity index (χ2v) is 3.65. The van der Waals surface area contributed by atoms with Gasteiger partial charge in [-0.3, -0.25) is 4.79 Å². The van der Waals surface area contributed by atoms with Gasteiger partial charge in [0.2, 0.25) is 0 Å². The fraction of sp³-hybridized carbons (Fsp3) is 0.333. The van der Waals surface area contributed by atoms with Gasteiger partial charge in [0.05, 0.1) is 0 Å². The normalized spacial score (nSPS) is 9.92. The molecule has 0 spiro atoms. The van der Waals surface area contributed by atoms with Crippen molar-refractivity contribution < 1.29 is 4.79 Å². The molecule has 0 aromatic carbocycles. The predicted molar refractivity (Wildman–Crippen MR) is 56.3 cm³/mol. The maximum atomic E-state index is 11.3. The molecule has 0 bridgehead atoms. The second kappa shape index (κ2) is 3.98. The zero-order valence-corrected chi connectivity index (χ0v) is 9.25. The van der Waals surface area contributed by atoms with Gasteiger partial charge in [-0.15, -0.1) is 0 Å². The number of Topliss-reactive ketones (excluding diaryl/α,β-unsaturated/α-hetero) is 1. The Labute approximate surface area is 85.5 Å². The Morgan fingerprint density at radius 1 is 1.58 bits per heavy atom. The first-order chi connectivity index (χ1) is 5.65. The maximum absolute atomic E-state index is 11.3. The van der Waals surface area contributed by atoms with E-state index >= 15 is 0 Å². The van der Waals surface area contributed by atoms with Gasteiger partial charge in [-0.05, 0) is 41.6 Å². The molecular formula is C9H10INO. The topological polar surface area (TPSA) is 30.0 Å². The average molecular weight is 275 g/mol. The van der Waals surface area contributed by atoms with Crippen molar-refractivity contribution in [3.8, 4) is 0 Å². The summed E-state index contributed by atoms with van der Waals surface area (Å²) < 4.78 is 0.928. The third-order valence-electron chi connectivity index (χ3n) is 1.67. The van der Waals surface area contributed by atoms with Crippen LogP contribution in [0.25, 0.3) is 0 Å². The molecule has 0 aliphatic carbocycles. The maximum Gasteiger partial charge on any atom is 0.164 e. The van der Waals surface area contributed by atoms with Crippen molar-refractivity contribution in [1.82, 2.24) is 4.98 Å². The summed E-state index contributed by atoms with van der Waals surface area (Å²) in [5, 5.41) is 0. The van der Waals surface area contributed by atoms with E-state index in [1.807, 2.05) is 26.0 Å². The van der Waals surface area contributed by atoms with Crippen molar-refractivity contribution in [2.75, 3.05) is 0 Å². The summed E-state index contributed by atoms with van der Waals surface area (Å²) in [5.74, 6) is 0.163. The Morgan fingerprint density at radius 2 is 2.25 bits per heavy atom. The van der Waals surface area contributed by atoms with Crippen LogP contribution in [0.3, 0.4) is 0 Å². The molecule has 1 rings (SSSR count). The minimum absolute atomic E-state index is 0.163. The van der Waals surface area contributed by atoms with Gasteiger partial charge in [-0.1, -0.05) is 6.92 Å².